The van der Waals surface area contributed by atoms with Gasteiger partial charge in [0, 0.05) is 27.7 Å². The Labute approximate surface area is 172 Å². The first kappa shape index (κ1) is 19.6. The Morgan fingerprint density at radius 3 is 2.33 bits per heavy atom. The first-order valence-corrected chi connectivity index (χ1v) is 9.38. The number of thiocarbonyl (C=S) groups is 1. The highest BCUT2D eigenvalue weighted by molar-refractivity contribution is 7.80. The molecule has 3 rings (SSSR count). The van der Waals surface area contributed by atoms with Gasteiger partial charge in [-0.2, -0.15) is 0 Å². The van der Waals surface area contributed by atoms with E-state index in [2.05, 4.69) is 5.32 Å². The molecule has 3 aromatic carbocycles. The number of rotatable bonds is 6. The Morgan fingerprint density at radius 2 is 1.63 bits per heavy atom. The van der Waals surface area contributed by atoms with Gasteiger partial charge in [-0.25, -0.2) is 4.39 Å². The first-order chi connectivity index (χ1) is 13.0. The minimum atomic E-state index is -0.259. The third kappa shape index (κ3) is 5.42. The topological polar surface area (TPSA) is 21.3 Å². The van der Waals surface area contributed by atoms with Gasteiger partial charge < -0.3 is 10.1 Å². The largest absolute Gasteiger partial charge is 0.489 e. The molecule has 138 valence electrons. The van der Waals surface area contributed by atoms with Crippen molar-refractivity contribution >= 4 is 40.4 Å². The van der Waals surface area contributed by atoms with Crippen LogP contribution in [-0.2, 0) is 13.2 Å². The first-order valence-electron chi connectivity index (χ1n) is 8.21. The molecule has 0 radical (unpaired) electrons. The molecule has 2 nitrogen and oxygen atoms in total. The van der Waals surface area contributed by atoms with Gasteiger partial charge in [0.2, 0.25) is 0 Å². The van der Waals surface area contributed by atoms with Crippen LogP contribution in [0.1, 0.15) is 16.7 Å². The monoisotopic (exact) mass is 419 g/mol. The highest BCUT2D eigenvalue weighted by Gasteiger charge is 2.08. The lowest BCUT2D eigenvalue weighted by molar-refractivity contribution is 0.306. The van der Waals surface area contributed by atoms with Crippen LogP contribution in [0.3, 0.4) is 0 Å². The van der Waals surface area contributed by atoms with Crippen LogP contribution in [0.15, 0.2) is 66.7 Å². The highest BCUT2D eigenvalue weighted by atomic mass is 35.5. The van der Waals surface area contributed by atoms with Crippen LogP contribution in [0.25, 0.3) is 0 Å². The normalized spacial score (nSPS) is 10.5. The van der Waals surface area contributed by atoms with Crippen molar-refractivity contribution in [2.24, 2.45) is 0 Å². The smallest absolute Gasteiger partial charge is 0.123 e. The zero-order valence-electron chi connectivity index (χ0n) is 14.2. The number of ether oxygens (including phenoxy) is 1. The summed E-state index contributed by atoms with van der Waals surface area (Å²) in [4.78, 5) is 0.584. The van der Waals surface area contributed by atoms with Gasteiger partial charge in [0.05, 0.1) is 0 Å². The van der Waals surface area contributed by atoms with Crippen molar-refractivity contribution in [3.63, 3.8) is 0 Å². The molecule has 1 N–H and O–H groups in total. The molecule has 0 amide bonds. The third-order valence-corrected chi connectivity index (χ3v) is 5.00. The van der Waals surface area contributed by atoms with E-state index in [9.17, 15) is 4.39 Å². The lowest BCUT2D eigenvalue weighted by Crippen LogP contribution is -2.21. The van der Waals surface area contributed by atoms with Crippen molar-refractivity contribution in [3.05, 3.63) is 99.3 Å². The van der Waals surface area contributed by atoms with Crippen LogP contribution in [-0.4, -0.2) is 4.99 Å². The van der Waals surface area contributed by atoms with E-state index in [0.29, 0.717) is 27.3 Å². The summed E-state index contributed by atoms with van der Waals surface area (Å²) in [5, 5.41) is 4.30. The summed E-state index contributed by atoms with van der Waals surface area (Å²) in [7, 11) is 0. The lowest BCUT2D eigenvalue weighted by atomic mass is 10.2. The van der Waals surface area contributed by atoms with Crippen LogP contribution < -0.4 is 10.1 Å². The molecule has 0 unspecified atom stereocenters. The summed E-state index contributed by atoms with van der Waals surface area (Å²) >= 11 is 17.8. The van der Waals surface area contributed by atoms with Crippen LogP contribution in [0, 0.1) is 5.82 Å². The van der Waals surface area contributed by atoms with Crippen LogP contribution >= 0.6 is 35.4 Å². The van der Waals surface area contributed by atoms with Crippen LogP contribution in [0.5, 0.6) is 5.75 Å². The van der Waals surface area contributed by atoms with Gasteiger partial charge in [0.25, 0.3) is 0 Å². The van der Waals surface area contributed by atoms with Gasteiger partial charge >= 0.3 is 0 Å². The van der Waals surface area contributed by atoms with E-state index in [0.717, 1.165) is 16.7 Å². The van der Waals surface area contributed by atoms with E-state index in [4.69, 9.17) is 40.2 Å². The maximum Gasteiger partial charge on any atom is 0.123 e. The predicted octanol–water partition coefficient (Wildman–Crippen LogP) is 6.18. The Balaban J connectivity index is 1.62. The fourth-order valence-electron chi connectivity index (χ4n) is 2.44. The molecule has 0 saturated carbocycles. The maximum absolute atomic E-state index is 13.0. The van der Waals surface area contributed by atoms with E-state index in [-0.39, 0.29) is 12.4 Å². The molecule has 0 aliphatic carbocycles. The molecule has 0 saturated heterocycles. The van der Waals surface area contributed by atoms with Gasteiger partial charge in [0.1, 0.15) is 23.2 Å². The summed E-state index contributed by atoms with van der Waals surface area (Å²) in [6, 6.07) is 19.1. The standard InChI is InChI=1S/C21H16Cl2FNOS/c22-19-5-2-6-20(23)18(19)13-26-17-4-1-3-15(11-17)21(27)25-12-14-7-9-16(24)10-8-14/h1-11H,12-13H2,(H,25,27). The molecule has 0 aliphatic heterocycles. The number of nitrogens with one attached hydrogen (secondary N) is 1. The quantitative estimate of drug-likeness (QED) is 0.482. The van der Waals surface area contributed by atoms with Gasteiger partial charge in [-0.05, 0) is 42.0 Å². The van der Waals surface area contributed by atoms with Crippen molar-refractivity contribution in [3.8, 4) is 5.75 Å². The highest BCUT2D eigenvalue weighted by Crippen LogP contribution is 2.26. The zero-order valence-corrected chi connectivity index (χ0v) is 16.5. The van der Waals surface area contributed by atoms with Crippen molar-refractivity contribution in [2.45, 2.75) is 13.2 Å². The van der Waals surface area contributed by atoms with Gasteiger partial charge in [-0.3, -0.25) is 0 Å². The Morgan fingerprint density at radius 1 is 0.963 bits per heavy atom. The molecule has 6 heteroatoms. The molecule has 0 fully saturated rings. The Bertz CT molecular complexity index is 927. The van der Waals surface area contributed by atoms with Crippen LogP contribution in [0.4, 0.5) is 4.39 Å². The summed E-state index contributed by atoms with van der Waals surface area (Å²) in [5.41, 5.74) is 2.51. The fraction of sp³-hybridized carbons (Fsp3) is 0.0952. The lowest BCUT2D eigenvalue weighted by Gasteiger charge is -2.12. The fourth-order valence-corrected chi connectivity index (χ4v) is 3.15. The molecule has 0 heterocycles. The van der Waals surface area contributed by atoms with Crippen LogP contribution in [0.2, 0.25) is 10.0 Å². The van der Waals surface area contributed by atoms with E-state index in [1.54, 1.807) is 30.3 Å². The Hall–Kier alpha value is -2.14. The van der Waals surface area contributed by atoms with Crippen molar-refractivity contribution in [1.29, 1.82) is 0 Å². The van der Waals surface area contributed by atoms with Gasteiger partial charge in [0.15, 0.2) is 0 Å². The zero-order chi connectivity index (χ0) is 19.2. The predicted molar refractivity (Wildman–Crippen MR) is 112 cm³/mol. The molecule has 0 aromatic heterocycles. The Kier molecular flexibility index (Phi) is 6.67. The van der Waals surface area contributed by atoms with E-state index >= 15 is 0 Å². The second-order valence-corrected chi connectivity index (χ2v) is 7.05. The van der Waals surface area contributed by atoms with E-state index in [1.807, 2.05) is 24.3 Å². The number of hydrogen-bond donors (Lipinski definition) is 1. The molecule has 27 heavy (non-hydrogen) atoms. The van der Waals surface area contributed by atoms with Crippen molar-refractivity contribution < 1.29 is 9.13 Å². The van der Waals surface area contributed by atoms with E-state index < -0.39 is 0 Å². The minimum absolute atomic E-state index is 0.259. The van der Waals surface area contributed by atoms with Crippen molar-refractivity contribution in [1.82, 2.24) is 5.32 Å². The third-order valence-electron chi connectivity index (χ3n) is 3.91. The molecular formula is C21H16Cl2FNOS. The summed E-state index contributed by atoms with van der Waals surface area (Å²) in [5.74, 6) is 0.402. The molecule has 0 bridgehead atoms. The average Bonchev–Trinajstić information content (AvgIpc) is 2.67. The van der Waals surface area contributed by atoms with Gasteiger partial charge in [-0.1, -0.05) is 65.8 Å². The summed E-state index contributed by atoms with van der Waals surface area (Å²) < 4.78 is 18.8. The SMILES string of the molecule is Fc1ccc(CNC(=S)c2cccc(OCc3c(Cl)cccc3Cl)c2)cc1. The second-order valence-electron chi connectivity index (χ2n) is 5.83. The summed E-state index contributed by atoms with van der Waals surface area (Å²) in [6.07, 6.45) is 0. The second kappa shape index (κ2) is 9.18. The number of benzene rings is 3. The molecule has 0 spiro atoms. The summed E-state index contributed by atoms with van der Waals surface area (Å²) in [6.45, 7) is 0.775. The molecule has 0 atom stereocenters. The molecule has 3 aromatic rings. The van der Waals surface area contributed by atoms with Crippen molar-refractivity contribution in [2.75, 3.05) is 0 Å². The van der Waals surface area contributed by atoms with Gasteiger partial charge in [-0.15, -0.1) is 0 Å². The number of hydrogen-bond acceptors (Lipinski definition) is 2. The number of halogens is 3. The molecule has 0 aliphatic rings. The van der Waals surface area contributed by atoms with E-state index in [1.165, 1.54) is 12.1 Å². The average molecular weight is 420 g/mol. The maximum atomic E-state index is 13.0. The minimum Gasteiger partial charge on any atom is -0.489 e. The molecular weight excluding hydrogens is 404 g/mol.